The van der Waals surface area contributed by atoms with Gasteiger partial charge in [-0.15, -0.1) is 0 Å². The first-order valence-electron chi connectivity index (χ1n) is 7.45. The zero-order valence-corrected chi connectivity index (χ0v) is 13.6. The Morgan fingerprint density at radius 2 is 2.00 bits per heavy atom. The normalized spacial score (nSPS) is 27.0. The third kappa shape index (κ3) is 2.45. The molecular weight excluding hydrogens is 307 g/mol. The maximum atomic E-state index is 13.1. The van der Waals surface area contributed by atoms with Crippen LogP contribution in [0.5, 0.6) is 0 Å². The lowest BCUT2D eigenvalue weighted by Gasteiger charge is -2.28. The molecule has 2 N–H and O–H groups in total. The van der Waals surface area contributed by atoms with E-state index in [9.17, 15) is 4.79 Å². The minimum Gasteiger partial charge on any atom is -0.339 e. The molecule has 2 unspecified atom stereocenters. The average Bonchev–Trinajstić information content (AvgIpc) is 3.15. The fourth-order valence-electron chi connectivity index (χ4n) is 3.52. The van der Waals surface area contributed by atoms with Gasteiger partial charge in [-0.1, -0.05) is 29.3 Å². The van der Waals surface area contributed by atoms with Crippen LogP contribution >= 0.6 is 23.2 Å². The highest BCUT2D eigenvalue weighted by molar-refractivity contribution is 6.36. The van der Waals surface area contributed by atoms with Gasteiger partial charge in [0.2, 0.25) is 5.91 Å². The van der Waals surface area contributed by atoms with Gasteiger partial charge in [-0.05, 0) is 50.8 Å². The van der Waals surface area contributed by atoms with Gasteiger partial charge in [-0.3, -0.25) is 4.79 Å². The maximum Gasteiger partial charge on any atom is 0.233 e. The van der Waals surface area contributed by atoms with Gasteiger partial charge in [0.15, 0.2) is 0 Å². The Labute approximate surface area is 135 Å². The standard InChI is InChI=1S/C16H20Cl2N2O/c1-10-7-11(8-19)9-20(10)15(21)16(5-6-16)14-12(17)3-2-4-13(14)18/h2-4,10-11H,5-9,19H2,1H3. The first-order chi connectivity index (χ1) is 9.99. The summed E-state index contributed by atoms with van der Waals surface area (Å²) in [5, 5.41) is 1.19. The van der Waals surface area contributed by atoms with Gasteiger partial charge >= 0.3 is 0 Å². The Kier molecular flexibility index (Phi) is 3.93. The summed E-state index contributed by atoms with van der Waals surface area (Å²) in [7, 11) is 0. The smallest absolute Gasteiger partial charge is 0.233 e. The van der Waals surface area contributed by atoms with E-state index >= 15 is 0 Å². The number of rotatable bonds is 3. The van der Waals surface area contributed by atoms with Gasteiger partial charge in [-0.2, -0.15) is 0 Å². The van der Waals surface area contributed by atoms with Crippen LogP contribution in [0.1, 0.15) is 31.7 Å². The highest BCUT2D eigenvalue weighted by Crippen LogP contribution is 2.54. The first-order valence-corrected chi connectivity index (χ1v) is 8.21. The number of amides is 1. The third-order valence-electron chi connectivity index (χ3n) is 4.86. The van der Waals surface area contributed by atoms with Crippen LogP contribution in [-0.2, 0) is 10.2 Å². The molecule has 5 heteroatoms. The second kappa shape index (κ2) is 5.45. The van der Waals surface area contributed by atoms with Crippen LogP contribution in [0.4, 0.5) is 0 Å². The Hall–Kier alpha value is -0.770. The van der Waals surface area contributed by atoms with Crippen molar-refractivity contribution in [2.45, 2.75) is 37.6 Å². The van der Waals surface area contributed by atoms with E-state index in [-0.39, 0.29) is 11.9 Å². The van der Waals surface area contributed by atoms with Gasteiger partial charge in [0.25, 0.3) is 0 Å². The van der Waals surface area contributed by atoms with Crippen LogP contribution in [0.25, 0.3) is 0 Å². The quantitative estimate of drug-likeness (QED) is 0.926. The fraction of sp³-hybridized carbons (Fsp3) is 0.562. The molecule has 1 aromatic rings. The van der Waals surface area contributed by atoms with Crippen molar-refractivity contribution in [3.05, 3.63) is 33.8 Å². The van der Waals surface area contributed by atoms with Crippen LogP contribution in [0.3, 0.4) is 0 Å². The van der Waals surface area contributed by atoms with Gasteiger partial charge in [0.05, 0.1) is 5.41 Å². The average molecular weight is 327 g/mol. The number of carbonyl (C=O) groups excluding carboxylic acids is 1. The number of hydrogen-bond donors (Lipinski definition) is 1. The van der Waals surface area contributed by atoms with Crippen molar-refractivity contribution in [3.8, 4) is 0 Å². The Balaban J connectivity index is 1.91. The molecule has 3 rings (SSSR count). The molecule has 2 fully saturated rings. The lowest BCUT2D eigenvalue weighted by molar-refractivity contribution is -0.134. The Morgan fingerprint density at radius 1 is 1.38 bits per heavy atom. The molecule has 0 spiro atoms. The number of benzene rings is 1. The molecule has 1 saturated carbocycles. The van der Waals surface area contributed by atoms with Crippen molar-refractivity contribution >= 4 is 29.1 Å². The van der Waals surface area contributed by atoms with Crippen molar-refractivity contribution in [2.75, 3.05) is 13.1 Å². The SMILES string of the molecule is CC1CC(CN)CN1C(=O)C1(c2c(Cl)cccc2Cl)CC1. The van der Waals surface area contributed by atoms with E-state index in [1.165, 1.54) is 0 Å². The zero-order chi connectivity index (χ0) is 15.2. The number of carbonyl (C=O) groups is 1. The maximum absolute atomic E-state index is 13.1. The molecule has 21 heavy (non-hydrogen) atoms. The van der Waals surface area contributed by atoms with Crippen molar-refractivity contribution < 1.29 is 4.79 Å². The van der Waals surface area contributed by atoms with Crippen molar-refractivity contribution in [1.82, 2.24) is 4.90 Å². The number of halogens is 2. The van der Waals surface area contributed by atoms with Crippen molar-refractivity contribution in [2.24, 2.45) is 11.7 Å². The fourth-order valence-corrected chi connectivity index (χ4v) is 4.28. The number of nitrogens with two attached hydrogens (primary N) is 1. The largest absolute Gasteiger partial charge is 0.339 e. The molecule has 1 saturated heterocycles. The van der Waals surface area contributed by atoms with Crippen LogP contribution < -0.4 is 5.73 Å². The Bertz CT molecular complexity index is 551. The van der Waals surface area contributed by atoms with Crippen LogP contribution in [0, 0.1) is 5.92 Å². The minimum absolute atomic E-state index is 0.168. The van der Waals surface area contributed by atoms with Crippen molar-refractivity contribution in [3.63, 3.8) is 0 Å². The second-order valence-corrected chi connectivity index (χ2v) is 7.14. The number of hydrogen-bond acceptors (Lipinski definition) is 2. The zero-order valence-electron chi connectivity index (χ0n) is 12.1. The number of likely N-dealkylation sites (tertiary alicyclic amines) is 1. The summed E-state index contributed by atoms with van der Waals surface area (Å²) in [6, 6.07) is 5.68. The lowest BCUT2D eigenvalue weighted by Crippen LogP contribution is -2.41. The summed E-state index contributed by atoms with van der Waals surface area (Å²) in [6.45, 7) is 3.48. The van der Waals surface area contributed by atoms with E-state index in [2.05, 4.69) is 6.92 Å². The molecule has 1 aliphatic carbocycles. The molecule has 114 valence electrons. The van der Waals surface area contributed by atoms with Gasteiger partial charge in [-0.25, -0.2) is 0 Å². The molecule has 3 nitrogen and oxygen atoms in total. The van der Waals surface area contributed by atoms with Crippen molar-refractivity contribution in [1.29, 1.82) is 0 Å². The number of nitrogens with zero attached hydrogens (tertiary/aromatic N) is 1. The van der Waals surface area contributed by atoms with Crippen LogP contribution in [0.15, 0.2) is 18.2 Å². The lowest BCUT2D eigenvalue weighted by atomic mass is 9.93. The minimum atomic E-state index is -0.507. The van der Waals surface area contributed by atoms with E-state index in [4.69, 9.17) is 28.9 Å². The molecule has 1 aromatic carbocycles. The molecule has 1 heterocycles. The molecule has 0 aromatic heterocycles. The summed E-state index contributed by atoms with van der Waals surface area (Å²) in [4.78, 5) is 15.1. The van der Waals surface area contributed by atoms with E-state index in [0.29, 0.717) is 22.5 Å². The summed E-state index contributed by atoms with van der Waals surface area (Å²) >= 11 is 12.6. The highest BCUT2D eigenvalue weighted by atomic mass is 35.5. The topological polar surface area (TPSA) is 46.3 Å². The molecule has 0 bridgehead atoms. The van der Waals surface area contributed by atoms with E-state index in [1.54, 1.807) is 0 Å². The first kappa shape index (κ1) is 15.1. The predicted octanol–water partition coefficient (Wildman–Crippen LogP) is 3.22. The second-order valence-electron chi connectivity index (χ2n) is 6.32. The molecule has 1 aliphatic heterocycles. The van der Waals surface area contributed by atoms with Crippen LogP contribution in [-0.4, -0.2) is 29.9 Å². The summed E-state index contributed by atoms with van der Waals surface area (Å²) in [6.07, 6.45) is 2.63. The summed E-state index contributed by atoms with van der Waals surface area (Å²) in [5.74, 6) is 0.572. The molecule has 2 atom stereocenters. The van der Waals surface area contributed by atoms with Gasteiger partial charge < -0.3 is 10.6 Å². The van der Waals surface area contributed by atoms with Crippen LogP contribution in [0.2, 0.25) is 10.0 Å². The summed E-state index contributed by atoms with van der Waals surface area (Å²) in [5.41, 5.74) is 6.06. The highest BCUT2D eigenvalue weighted by Gasteiger charge is 2.56. The molecule has 2 aliphatic rings. The van der Waals surface area contributed by atoms with Gasteiger partial charge in [0.1, 0.15) is 0 Å². The molecule has 0 radical (unpaired) electrons. The monoisotopic (exact) mass is 326 g/mol. The summed E-state index contributed by atoms with van der Waals surface area (Å²) < 4.78 is 0. The van der Waals surface area contributed by atoms with E-state index in [1.807, 2.05) is 23.1 Å². The third-order valence-corrected chi connectivity index (χ3v) is 5.49. The molecular formula is C16H20Cl2N2O. The van der Waals surface area contributed by atoms with Gasteiger partial charge in [0, 0.05) is 28.2 Å². The van der Waals surface area contributed by atoms with E-state index < -0.39 is 5.41 Å². The van der Waals surface area contributed by atoms with E-state index in [0.717, 1.165) is 31.4 Å². The molecule has 1 amide bonds. The Morgan fingerprint density at radius 3 is 2.48 bits per heavy atom. The predicted molar refractivity (Wildman–Crippen MR) is 85.7 cm³/mol.